The summed E-state index contributed by atoms with van der Waals surface area (Å²) < 4.78 is 9.36. The summed E-state index contributed by atoms with van der Waals surface area (Å²) in [4.78, 5) is 4.98. The monoisotopic (exact) mass is 923 g/mol. The Morgan fingerprint density at radius 2 is 0.930 bits per heavy atom. The van der Waals surface area contributed by atoms with Crippen LogP contribution in [-0.4, -0.2) is 12.6 Å². The number of hydrogen-bond acceptors (Lipinski definition) is 3. The molecule has 0 spiro atoms. The molecule has 71 heavy (non-hydrogen) atoms. The molecule has 4 nitrogen and oxygen atoms in total. The molecule has 13 aromatic rings. The Labute approximate surface area is 413 Å². The van der Waals surface area contributed by atoms with E-state index in [1.165, 1.54) is 37.0 Å². The van der Waals surface area contributed by atoms with Gasteiger partial charge in [0.05, 0.1) is 11.2 Å². The van der Waals surface area contributed by atoms with E-state index < -0.39 is 8.07 Å². The Hall–Kier alpha value is -9.16. The summed E-state index contributed by atoms with van der Waals surface area (Å²) in [7, 11) is -3.17. The molecule has 11 aromatic carbocycles. The summed E-state index contributed by atoms with van der Waals surface area (Å²) in [5.41, 5.74) is 11.7. The van der Waals surface area contributed by atoms with Crippen molar-refractivity contribution in [1.29, 1.82) is 0 Å². The Morgan fingerprint density at radius 1 is 0.380 bits per heavy atom. The number of nitrogens with zero attached hydrogens (tertiary/aromatic N) is 3. The molecule has 5 heteroatoms. The Kier molecular flexibility index (Phi) is 9.51. The van der Waals surface area contributed by atoms with Crippen molar-refractivity contribution in [3.05, 3.63) is 273 Å². The van der Waals surface area contributed by atoms with Crippen molar-refractivity contribution >= 4 is 107 Å². The lowest BCUT2D eigenvalue weighted by molar-refractivity contribution is 0.669. The predicted octanol–water partition coefficient (Wildman–Crippen LogP) is 15.0. The Morgan fingerprint density at radius 3 is 1.65 bits per heavy atom. The van der Waals surface area contributed by atoms with Crippen molar-refractivity contribution in [2.24, 2.45) is 0 Å². The molecule has 0 radical (unpaired) electrons. The third-order valence-corrected chi connectivity index (χ3v) is 19.5. The summed E-state index contributed by atoms with van der Waals surface area (Å²) >= 11 is 0. The van der Waals surface area contributed by atoms with E-state index in [-0.39, 0.29) is 0 Å². The van der Waals surface area contributed by atoms with Gasteiger partial charge in [0.2, 0.25) is 0 Å². The highest BCUT2D eigenvalue weighted by atomic mass is 28.3. The van der Waals surface area contributed by atoms with Crippen LogP contribution in [0, 0.1) is 0 Å². The molecule has 0 fully saturated rings. The molecule has 334 valence electrons. The minimum absolute atomic E-state index is 0.841. The van der Waals surface area contributed by atoms with Crippen LogP contribution < -0.4 is 30.5 Å². The maximum Gasteiger partial charge on any atom is 0.186 e. The van der Waals surface area contributed by atoms with E-state index in [1.54, 1.807) is 0 Å². The van der Waals surface area contributed by atoms with Crippen LogP contribution in [0.4, 0.5) is 34.3 Å². The van der Waals surface area contributed by atoms with Crippen LogP contribution in [0.15, 0.2) is 277 Å². The second kappa shape index (κ2) is 16.5. The SMILES string of the molecule is c1ccc(-c2ccc3c(c2)oc2cc(N(c4ccc5c(c4)N(c4ccccc4)c4c(c6ccccc6n4-c4ccccc4)[Si]5(c4ccccc4)c4ccccc4)c4cccc5ccccc45)ccc23)cc1. The molecule has 0 amide bonds. The van der Waals surface area contributed by atoms with E-state index in [0.717, 1.165) is 78.4 Å². The lowest BCUT2D eigenvalue weighted by atomic mass is 10.0. The zero-order chi connectivity index (χ0) is 46.9. The smallest absolute Gasteiger partial charge is 0.186 e. The Bertz CT molecular complexity index is 4070. The van der Waals surface area contributed by atoms with Gasteiger partial charge in [0.1, 0.15) is 17.0 Å². The minimum Gasteiger partial charge on any atom is -0.456 e. The molecule has 1 aliphatic rings. The van der Waals surface area contributed by atoms with Gasteiger partial charge >= 0.3 is 0 Å². The highest BCUT2D eigenvalue weighted by molar-refractivity contribution is 7.22. The van der Waals surface area contributed by atoms with Crippen LogP contribution in [0.2, 0.25) is 0 Å². The zero-order valence-electron chi connectivity index (χ0n) is 38.7. The molecule has 0 atom stereocenters. The van der Waals surface area contributed by atoms with Crippen LogP contribution in [-0.2, 0) is 0 Å². The molecular formula is C66H45N3OSi. The maximum atomic E-state index is 6.85. The standard InChI is InChI=1S/C66H45N3OSi/c1-6-21-46(22-7-1)48-37-40-56-57-41-38-52(45-63(57)70-62(56)43-48)67(59-36-20-24-47-23-16-17-33-55(47)59)51-39-42-64-61(44-51)69(50-27-10-3-11-28-50)66-65(58-34-18-19-35-60(58)68(66)49-25-8-2-9-26-49)71(64,53-29-12-4-13-30-53)54-31-14-5-15-32-54/h1-45H. The van der Waals surface area contributed by atoms with E-state index >= 15 is 0 Å². The molecule has 1 aliphatic heterocycles. The van der Waals surface area contributed by atoms with E-state index in [2.05, 4.69) is 287 Å². The molecule has 3 heterocycles. The molecule has 0 aliphatic carbocycles. The van der Waals surface area contributed by atoms with Crippen LogP contribution in [0.25, 0.3) is 60.4 Å². The molecule has 14 rings (SSSR count). The van der Waals surface area contributed by atoms with Crippen LogP contribution in [0.5, 0.6) is 0 Å². The van der Waals surface area contributed by atoms with Gasteiger partial charge in [-0.2, -0.15) is 0 Å². The Balaban J connectivity index is 1.09. The topological polar surface area (TPSA) is 24.6 Å². The summed E-state index contributed by atoms with van der Waals surface area (Å²) in [6, 6.07) is 100. The van der Waals surface area contributed by atoms with Gasteiger partial charge in [0.25, 0.3) is 0 Å². The van der Waals surface area contributed by atoms with Crippen molar-refractivity contribution in [2.75, 3.05) is 9.80 Å². The van der Waals surface area contributed by atoms with E-state index in [0.29, 0.717) is 0 Å². The number of furan rings is 1. The summed E-state index contributed by atoms with van der Waals surface area (Å²) in [6.45, 7) is 0. The number of rotatable bonds is 8. The van der Waals surface area contributed by atoms with Crippen molar-refractivity contribution in [3.8, 4) is 16.8 Å². The van der Waals surface area contributed by atoms with Gasteiger partial charge < -0.3 is 9.32 Å². The predicted molar refractivity (Wildman–Crippen MR) is 300 cm³/mol. The molecule has 0 unspecified atom stereocenters. The highest BCUT2D eigenvalue weighted by Crippen LogP contribution is 2.47. The molecule has 0 N–H and O–H groups in total. The minimum atomic E-state index is -3.17. The molecular weight excluding hydrogens is 879 g/mol. The summed E-state index contributed by atoms with van der Waals surface area (Å²) in [5.74, 6) is 1.16. The molecule has 0 bridgehead atoms. The first-order chi connectivity index (χ1) is 35.2. The van der Waals surface area contributed by atoms with Crippen molar-refractivity contribution in [2.45, 2.75) is 0 Å². The fraction of sp³-hybridized carbons (Fsp3) is 0. The number of aromatic nitrogens is 1. The van der Waals surface area contributed by atoms with E-state index in [1.807, 2.05) is 0 Å². The highest BCUT2D eigenvalue weighted by Gasteiger charge is 2.52. The van der Waals surface area contributed by atoms with Gasteiger partial charge in [-0.15, -0.1) is 0 Å². The number of hydrogen-bond donors (Lipinski definition) is 0. The van der Waals surface area contributed by atoms with Crippen LogP contribution >= 0.6 is 0 Å². The average molecular weight is 924 g/mol. The fourth-order valence-corrected chi connectivity index (χ4v) is 16.8. The second-order valence-electron chi connectivity index (χ2n) is 18.4. The van der Waals surface area contributed by atoms with Gasteiger partial charge in [0.15, 0.2) is 8.07 Å². The average Bonchev–Trinajstić information content (AvgIpc) is 3.99. The summed E-state index contributed by atoms with van der Waals surface area (Å²) in [5, 5.41) is 11.1. The number of benzene rings is 11. The molecule has 2 aromatic heterocycles. The first kappa shape index (κ1) is 40.9. The lowest BCUT2D eigenvalue weighted by Gasteiger charge is -2.44. The third-order valence-electron chi connectivity index (χ3n) is 14.6. The lowest BCUT2D eigenvalue weighted by Crippen LogP contribution is -2.77. The number of para-hydroxylation sites is 3. The van der Waals surface area contributed by atoms with Crippen LogP contribution in [0.1, 0.15) is 0 Å². The largest absolute Gasteiger partial charge is 0.456 e. The van der Waals surface area contributed by atoms with Crippen molar-refractivity contribution in [3.63, 3.8) is 0 Å². The van der Waals surface area contributed by atoms with Gasteiger partial charge in [-0.25, -0.2) is 0 Å². The second-order valence-corrected chi connectivity index (χ2v) is 22.1. The number of fused-ring (bicyclic) bond motifs is 8. The normalized spacial score (nSPS) is 12.9. The van der Waals surface area contributed by atoms with Gasteiger partial charge in [-0.3, -0.25) is 9.47 Å². The van der Waals surface area contributed by atoms with Gasteiger partial charge in [-0.1, -0.05) is 194 Å². The maximum absolute atomic E-state index is 6.85. The fourth-order valence-electron chi connectivity index (χ4n) is 11.6. The van der Waals surface area contributed by atoms with E-state index in [4.69, 9.17) is 4.42 Å². The zero-order valence-corrected chi connectivity index (χ0v) is 39.7. The molecule has 0 saturated carbocycles. The first-order valence-corrected chi connectivity index (χ1v) is 26.3. The summed E-state index contributed by atoms with van der Waals surface area (Å²) in [6.07, 6.45) is 0. The van der Waals surface area contributed by atoms with E-state index in [9.17, 15) is 0 Å². The van der Waals surface area contributed by atoms with Crippen molar-refractivity contribution < 1.29 is 4.42 Å². The van der Waals surface area contributed by atoms with Crippen LogP contribution in [0.3, 0.4) is 0 Å². The van der Waals surface area contributed by atoms with Gasteiger partial charge in [-0.05, 0) is 105 Å². The number of anilines is 6. The quantitative estimate of drug-likeness (QED) is 0.142. The third kappa shape index (κ3) is 6.37. The molecule has 0 saturated heterocycles. The van der Waals surface area contributed by atoms with Crippen molar-refractivity contribution in [1.82, 2.24) is 4.57 Å². The first-order valence-electron chi connectivity index (χ1n) is 24.3. The van der Waals surface area contributed by atoms with Gasteiger partial charge in [0, 0.05) is 61.2 Å².